The molecule has 0 fully saturated rings. The summed E-state index contributed by atoms with van der Waals surface area (Å²) in [5.74, 6) is -0.781. The van der Waals surface area contributed by atoms with E-state index in [0.29, 0.717) is 38.2 Å². The average Bonchev–Trinajstić information content (AvgIpc) is 2.92. The highest BCUT2D eigenvalue weighted by atomic mass is 35.5. The second-order valence-electron chi connectivity index (χ2n) is 5.26. The third-order valence-electron chi connectivity index (χ3n) is 3.51. The predicted octanol–water partition coefficient (Wildman–Crippen LogP) is 6.29. The first-order valence-electron chi connectivity index (χ1n) is 7.56. The first-order valence-corrected chi connectivity index (χ1v) is 9.51. The van der Waals surface area contributed by atoms with Crippen molar-refractivity contribution in [1.82, 2.24) is 0 Å². The van der Waals surface area contributed by atoms with Gasteiger partial charge >= 0.3 is 5.97 Å². The summed E-state index contributed by atoms with van der Waals surface area (Å²) >= 11 is 19.7. The normalized spacial score (nSPS) is 10.8. The minimum atomic E-state index is -0.413. The maximum absolute atomic E-state index is 12.6. The summed E-state index contributed by atoms with van der Waals surface area (Å²) in [4.78, 5) is 24.6. The zero-order valence-electron chi connectivity index (χ0n) is 13.4. The van der Waals surface area contributed by atoms with E-state index in [1.54, 1.807) is 43.3 Å². The van der Waals surface area contributed by atoms with E-state index >= 15 is 0 Å². The van der Waals surface area contributed by atoms with Gasteiger partial charge in [-0.15, -0.1) is 11.3 Å². The number of amides is 1. The molecule has 0 radical (unpaired) electrons. The van der Waals surface area contributed by atoms with Gasteiger partial charge in [0.15, 0.2) is 0 Å². The molecule has 0 aliphatic carbocycles. The SMILES string of the molecule is CCOC(=O)c1ccc(NC(=O)c2sc3cc(Cl)cc(Cl)c3c2Cl)cc1. The predicted molar refractivity (Wildman–Crippen MR) is 107 cm³/mol. The summed E-state index contributed by atoms with van der Waals surface area (Å²) in [7, 11) is 0. The molecule has 0 atom stereocenters. The number of hydrogen-bond donors (Lipinski definition) is 1. The molecule has 4 nitrogen and oxygen atoms in total. The van der Waals surface area contributed by atoms with Crippen LogP contribution in [0.3, 0.4) is 0 Å². The standard InChI is InChI=1S/C18H12Cl3NO3S/c1-2-25-18(24)9-3-5-11(6-4-9)22-17(23)16-15(21)14-12(20)7-10(19)8-13(14)26-16/h3-8H,2H2,1H3,(H,22,23). The Kier molecular flexibility index (Phi) is 5.73. The monoisotopic (exact) mass is 427 g/mol. The Bertz CT molecular complexity index is 999. The summed E-state index contributed by atoms with van der Waals surface area (Å²) in [5, 5.41) is 4.51. The van der Waals surface area contributed by atoms with Crippen LogP contribution in [0.5, 0.6) is 0 Å². The van der Waals surface area contributed by atoms with Crippen LogP contribution >= 0.6 is 46.1 Å². The van der Waals surface area contributed by atoms with Crippen molar-refractivity contribution in [3.8, 4) is 0 Å². The molecule has 0 spiro atoms. The Labute approximate surface area is 168 Å². The number of thiophene rings is 1. The maximum Gasteiger partial charge on any atom is 0.338 e. The lowest BCUT2D eigenvalue weighted by atomic mass is 10.2. The molecule has 1 aromatic heterocycles. The van der Waals surface area contributed by atoms with Gasteiger partial charge in [-0.05, 0) is 43.3 Å². The Hall–Kier alpha value is -1.79. The van der Waals surface area contributed by atoms with Gasteiger partial charge in [0.2, 0.25) is 0 Å². The summed E-state index contributed by atoms with van der Waals surface area (Å²) in [6.07, 6.45) is 0. The fraction of sp³-hybridized carbons (Fsp3) is 0.111. The molecular formula is C18H12Cl3NO3S. The number of anilines is 1. The zero-order valence-corrected chi connectivity index (χ0v) is 16.5. The van der Waals surface area contributed by atoms with E-state index in [9.17, 15) is 9.59 Å². The van der Waals surface area contributed by atoms with Crippen molar-refractivity contribution >= 4 is 73.8 Å². The van der Waals surface area contributed by atoms with E-state index in [1.807, 2.05) is 0 Å². The van der Waals surface area contributed by atoms with Crippen molar-refractivity contribution in [3.05, 3.63) is 61.9 Å². The number of halogens is 3. The summed E-state index contributed by atoms with van der Waals surface area (Å²) in [6, 6.07) is 9.70. The molecule has 1 N–H and O–H groups in total. The van der Waals surface area contributed by atoms with Gasteiger partial charge in [0.1, 0.15) is 4.88 Å². The minimum Gasteiger partial charge on any atom is -0.462 e. The smallest absolute Gasteiger partial charge is 0.338 e. The van der Waals surface area contributed by atoms with E-state index in [0.717, 1.165) is 4.70 Å². The second kappa shape index (κ2) is 7.84. The number of ether oxygens (including phenoxy) is 1. The number of carbonyl (C=O) groups excluding carboxylic acids is 2. The van der Waals surface area contributed by atoms with Crippen LogP contribution in [0.25, 0.3) is 10.1 Å². The molecule has 8 heteroatoms. The Morgan fingerprint density at radius 3 is 2.46 bits per heavy atom. The van der Waals surface area contributed by atoms with Crippen LogP contribution in [-0.4, -0.2) is 18.5 Å². The summed E-state index contributed by atoms with van der Waals surface area (Å²) in [5.41, 5.74) is 0.937. The number of fused-ring (bicyclic) bond motifs is 1. The number of esters is 1. The lowest BCUT2D eigenvalue weighted by molar-refractivity contribution is 0.0526. The third-order valence-corrected chi connectivity index (χ3v) is 5.65. The lowest BCUT2D eigenvalue weighted by Gasteiger charge is -2.06. The number of benzene rings is 2. The van der Waals surface area contributed by atoms with Gasteiger partial charge in [-0.25, -0.2) is 4.79 Å². The number of rotatable bonds is 4. The van der Waals surface area contributed by atoms with Gasteiger partial charge < -0.3 is 10.1 Å². The van der Waals surface area contributed by atoms with Crippen molar-refractivity contribution in [2.75, 3.05) is 11.9 Å². The van der Waals surface area contributed by atoms with Crippen molar-refractivity contribution in [1.29, 1.82) is 0 Å². The van der Waals surface area contributed by atoms with Gasteiger partial charge in [0.05, 0.1) is 22.2 Å². The first-order chi connectivity index (χ1) is 12.4. The van der Waals surface area contributed by atoms with E-state index in [1.165, 1.54) is 11.3 Å². The van der Waals surface area contributed by atoms with Crippen LogP contribution in [0.2, 0.25) is 15.1 Å². The molecule has 0 bridgehead atoms. The molecule has 134 valence electrons. The fourth-order valence-electron chi connectivity index (χ4n) is 2.35. The van der Waals surface area contributed by atoms with Crippen molar-refractivity contribution in [2.24, 2.45) is 0 Å². The van der Waals surface area contributed by atoms with Crippen LogP contribution in [0, 0.1) is 0 Å². The quantitative estimate of drug-likeness (QED) is 0.497. The Balaban J connectivity index is 1.84. The summed E-state index contributed by atoms with van der Waals surface area (Å²) in [6.45, 7) is 2.04. The van der Waals surface area contributed by atoms with Crippen LogP contribution < -0.4 is 5.32 Å². The Morgan fingerprint density at radius 2 is 1.81 bits per heavy atom. The van der Waals surface area contributed by atoms with E-state index in [2.05, 4.69) is 5.32 Å². The highest BCUT2D eigenvalue weighted by molar-refractivity contribution is 7.21. The van der Waals surface area contributed by atoms with Crippen LogP contribution in [0.4, 0.5) is 5.69 Å². The summed E-state index contributed by atoms with van der Waals surface area (Å²) < 4.78 is 5.65. The highest BCUT2D eigenvalue weighted by Crippen LogP contribution is 2.41. The number of nitrogens with one attached hydrogen (secondary N) is 1. The average molecular weight is 429 g/mol. The van der Waals surface area contributed by atoms with Gasteiger partial charge in [-0.1, -0.05) is 34.8 Å². The van der Waals surface area contributed by atoms with E-state index in [4.69, 9.17) is 39.5 Å². The lowest BCUT2D eigenvalue weighted by Crippen LogP contribution is -2.11. The third kappa shape index (κ3) is 3.81. The van der Waals surface area contributed by atoms with Crippen LogP contribution in [0.1, 0.15) is 27.0 Å². The fourth-order valence-corrected chi connectivity index (χ4v) is 4.62. The van der Waals surface area contributed by atoms with Crippen LogP contribution in [0.15, 0.2) is 36.4 Å². The molecule has 0 saturated heterocycles. The molecule has 0 unspecified atom stereocenters. The Morgan fingerprint density at radius 1 is 1.12 bits per heavy atom. The topological polar surface area (TPSA) is 55.4 Å². The number of carbonyl (C=O) groups is 2. The highest BCUT2D eigenvalue weighted by Gasteiger charge is 2.20. The van der Waals surface area contributed by atoms with Crippen molar-refractivity contribution in [2.45, 2.75) is 6.92 Å². The van der Waals surface area contributed by atoms with Crippen molar-refractivity contribution < 1.29 is 14.3 Å². The van der Waals surface area contributed by atoms with Crippen molar-refractivity contribution in [3.63, 3.8) is 0 Å². The molecule has 0 aliphatic rings. The maximum atomic E-state index is 12.6. The number of hydrogen-bond acceptors (Lipinski definition) is 4. The molecule has 1 heterocycles. The first kappa shape index (κ1) is 19.0. The van der Waals surface area contributed by atoms with Gasteiger partial charge in [0.25, 0.3) is 5.91 Å². The molecule has 3 rings (SSSR count). The molecular weight excluding hydrogens is 417 g/mol. The molecule has 26 heavy (non-hydrogen) atoms. The molecule has 1 amide bonds. The minimum absolute atomic E-state index is 0.285. The molecule has 0 saturated carbocycles. The van der Waals surface area contributed by atoms with Gasteiger partial charge in [-0.2, -0.15) is 0 Å². The van der Waals surface area contributed by atoms with Gasteiger partial charge in [-0.3, -0.25) is 4.79 Å². The largest absolute Gasteiger partial charge is 0.462 e. The molecule has 3 aromatic rings. The molecule has 0 aliphatic heterocycles. The molecule has 2 aromatic carbocycles. The second-order valence-corrected chi connectivity index (χ2v) is 7.53. The van der Waals surface area contributed by atoms with E-state index < -0.39 is 5.97 Å². The van der Waals surface area contributed by atoms with E-state index in [-0.39, 0.29) is 10.9 Å². The van der Waals surface area contributed by atoms with Gasteiger partial charge in [0, 0.05) is 20.8 Å². The van der Waals surface area contributed by atoms with Crippen LogP contribution in [-0.2, 0) is 4.74 Å². The zero-order chi connectivity index (χ0) is 18.8.